The number of hydrogen-bond acceptors (Lipinski definition) is 3. The fourth-order valence-corrected chi connectivity index (χ4v) is 1.18. The molecule has 0 fully saturated rings. The number of nitrogens with zero attached hydrogens (tertiary/aromatic N) is 4. The van der Waals surface area contributed by atoms with Gasteiger partial charge in [-0.3, -0.25) is 14.9 Å². The van der Waals surface area contributed by atoms with E-state index in [9.17, 15) is 0 Å². The summed E-state index contributed by atoms with van der Waals surface area (Å²) in [7, 11) is 3.96. The lowest BCUT2D eigenvalue weighted by Gasteiger charge is -2.07. The van der Waals surface area contributed by atoms with Crippen molar-refractivity contribution in [2.75, 3.05) is 20.8 Å². The number of aliphatic imine (C=N–C) groups is 3. The zero-order valence-corrected chi connectivity index (χ0v) is 8.31. The number of amidine groups is 1. The molecule has 2 rings (SSSR count). The highest BCUT2D eigenvalue weighted by molar-refractivity contribution is 6.54. The van der Waals surface area contributed by atoms with Crippen molar-refractivity contribution in [2.45, 2.75) is 0 Å². The molecule has 0 aliphatic carbocycles. The Kier molecular flexibility index (Phi) is 2.37. The van der Waals surface area contributed by atoms with Gasteiger partial charge in [-0.25, -0.2) is 4.99 Å². The molecular weight excluding hydrogens is 176 g/mol. The highest BCUT2D eigenvalue weighted by Crippen LogP contribution is 2.06. The third kappa shape index (κ3) is 1.85. The van der Waals surface area contributed by atoms with Gasteiger partial charge in [0.05, 0.1) is 18.1 Å². The van der Waals surface area contributed by atoms with Gasteiger partial charge in [-0.1, -0.05) is 0 Å². The Morgan fingerprint density at radius 3 is 2.86 bits per heavy atom. The molecule has 4 nitrogen and oxygen atoms in total. The second-order valence-corrected chi connectivity index (χ2v) is 3.40. The predicted molar refractivity (Wildman–Crippen MR) is 59.1 cm³/mol. The molecule has 4 heteroatoms. The minimum atomic E-state index is 0.659. The topological polar surface area (TPSA) is 40.3 Å². The van der Waals surface area contributed by atoms with Crippen LogP contribution in [0.3, 0.4) is 0 Å². The van der Waals surface area contributed by atoms with Crippen LogP contribution >= 0.6 is 0 Å². The van der Waals surface area contributed by atoms with Crippen LogP contribution in [0, 0.1) is 0 Å². The van der Waals surface area contributed by atoms with E-state index in [0.29, 0.717) is 6.67 Å². The number of rotatable bonds is 2. The molecule has 0 aromatic carbocycles. The Hall–Kier alpha value is -1.55. The van der Waals surface area contributed by atoms with E-state index in [0.717, 1.165) is 17.3 Å². The lowest BCUT2D eigenvalue weighted by Crippen LogP contribution is -2.16. The molecule has 0 amide bonds. The molecule has 0 unspecified atom stereocenters. The highest BCUT2D eigenvalue weighted by atomic mass is 15.2. The molecular formula is C10H12N4. The minimum absolute atomic E-state index is 0.659. The molecule has 0 saturated carbocycles. The van der Waals surface area contributed by atoms with E-state index in [2.05, 4.69) is 15.0 Å². The molecule has 2 aliphatic rings. The van der Waals surface area contributed by atoms with Crippen LogP contribution in [0.5, 0.6) is 0 Å². The summed E-state index contributed by atoms with van der Waals surface area (Å²) in [5.41, 5.74) is 1.83. The van der Waals surface area contributed by atoms with Gasteiger partial charge in [0.15, 0.2) is 0 Å². The first-order valence-corrected chi connectivity index (χ1v) is 4.46. The largest absolute Gasteiger partial charge is 0.291 e. The summed E-state index contributed by atoms with van der Waals surface area (Å²) in [5.74, 6) is 0.763. The molecule has 14 heavy (non-hydrogen) atoms. The highest BCUT2D eigenvalue weighted by Gasteiger charge is 2.12. The van der Waals surface area contributed by atoms with Crippen LogP contribution in [0.2, 0.25) is 0 Å². The maximum atomic E-state index is 4.35. The van der Waals surface area contributed by atoms with Gasteiger partial charge in [0.25, 0.3) is 0 Å². The van der Waals surface area contributed by atoms with Gasteiger partial charge < -0.3 is 0 Å². The Balaban J connectivity index is 2.14. The van der Waals surface area contributed by atoms with E-state index in [1.54, 1.807) is 6.20 Å². The average molecular weight is 188 g/mol. The molecule has 0 atom stereocenters. The van der Waals surface area contributed by atoms with Crippen LogP contribution in [0.25, 0.3) is 0 Å². The summed E-state index contributed by atoms with van der Waals surface area (Å²) in [6, 6.07) is 0. The van der Waals surface area contributed by atoms with Crippen LogP contribution in [-0.4, -0.2) is 42.9 Å². The molecule has 0 N–H and O–H groups in total. The van der Waals surface area contributed by atoms with Crippen molar-refractivity contribution in [3.63, 3.8) is 0 Å². The smallest absolute Gasteiger partial charge is 0.149 e. The van der Waals surface area contributed by atoms with Gasteiger partial charge >= 0.3 is 0 Å². The first kappa shape index (κ1) is 9.02. The Labute approximate surface area is 83.1 Å². The zero-order chi connectivity index (χ0) is 9.97. The molecule has 0 saturated heterocycles. The van der Waals surface area contributed by atoms with Crippen molar-refractivity contribution in [1.29, 1.82) is 0 Å². The fourth-order valence-electron chi connectivity index (χ4n) is 1.18. The molecule has 0 radical (unpaired) electrons. The van der Waals surface area contributed by atoms with E-state index >= 15 is 0 Å². The normalized spacial score (nSPS) is 21.5. The van der Waals surface area contributed by atoms with Crippen LogP contribution in [0.1, 0.15) is 0 Å². The lowest BCUT2D eigenvalue weighted by molar-refractivity contribution is 0.424. The van der Waals surface area contributed by atoms with Crippen molar-refractivity contribution >= 4 is 17.3 Å². The Morgan fingerprint density at radius 2 is 2.07 bits per heavy atom. The molecule has 0 spiro atoms. The van der Waals surface area contributed by atoms with Gasteiger partial charge in [0, 0.05) is 6.20 Å². The molecule has 0 bridgehead atoms. The van der Waals surface area contributed by atoms with Gasteiger partial charge in [0.2, 0.25) is 0 Å². The lowest BCUT2D eigenvalue weighted by atomic mass is 10.2. The van der Waals surface area contributed by atoms with Crippen LogP contribution in [0.4, 0.5) is 0 Å². The summed E-state index contributed by atoms with van der Waals surface area (Å²) >= 11 is 0. The molecule has 0 aromatic rings. The van der Waals surface area contributed by atoms with E-state index in [1.807, 2.05) is 37.2 Å². The maximum absolute atomic E-state index is 4.35. The Bertz CT molecular complexity index is 383. The number of hydrogen-bond donors (Lipinski definition) is 0. The van der Waals surface area contributed by atoms with E-state index in [4.69, 9.17) is 0 Å². The summed E-state index contributed by atoms with van der Waals surface area (Å²) in [4.78, 5) is 14.8. The van der Waals surface area contributed by atoms with Crippen molar-refractivity contribution < 1.29 is 0 Å². The second kappa shape index (κ2) is 3.67. The van der Waals surface area contributed by atoms with Crippen molar-refractivity contribution in [3.05, 3.63) is 24.4 Å². The molecule has 72 valence electrons. The zero-order valence-electron chi connectivity index (χ0n) is 8.31. The molecule has 0 aromatic heterocycles. The summed E-state index contributed by atoms with van der Waals surface area (Å²) in [5, 5.41) is 0. The molecule has 2 aliphatic heterocycles. The van der Waals surface area contributed by atoms with Gasteiger partial charge in [-0.15, -0.1) is 0 Å². The fraction of sp³-hybridized carbons (Fsp3) is 0.300. The van der Waals surface area contributed by atoms with E-state index < -0.39 is 0 Å². The minimum Gasteiger partial charge on any atom is -0.291 e. The Morgan fingerprint density at radius 1 is 1.21 bits per heavy atom. The van der Waals surface area contributed by atoms with Crippen molar-refractivity contribution in [1.82, 2.24) is 4.90 Å². The van der Waals surface area contributed by atoms with Crippen LogP contribution < -0.4 is 0 Å². The monoisotopic (exact) mass is 188 g/mol. The summed E-state index contributed by atoms with van der Waals surface area (Å²) in [6.07, 6.45) is 7.48. The SMILES string of the molecule is CN(C)CN=C1C=CC2=NC=CC2=N1. The second-order valence-electron chi connectivity index (χ2n) is 3.40. The number of fused-ring (bicyclic) bond motifs is 1. The third-order valence-electron chi connectivity index (χ3n) is 1.85. The molecule has 2 heterocycles. The van der Waals surface area contributed by atoms with Gasteiger partial charge in [-0.2, -0.15) is 0 Å². The van der Waals surface area contributed by atoms with Crippen LogP contribution in [0.15, 0.2) is 39.4 Å². The number of dihydropyridines is 1. The van der Waals surface area contributed by atoms with Crippen molar-refractivity contribution in [2.24, 2.45) is 15.0 Å². The van der Waals surface area contributed by atoms with Gasteiger partial charge in [-0.05, 0) is 32.3 Å². The maximum Gasteiger partial charge on any atom is 0.149 e. The third-order valence-corrected chi connectivity index (χ3v) is 1.85. The predicted octanol–water partition coefficient (Wildman–Crippen LogP) is 0.883. The van der Waals surface area contributed by atoms with E-state index in [1.165, 1.54) is 0 Å². The van der Waals surface area contributed by atoms with Crippen LogP contribution in [-0.2, 0) is 0 Å². The average Bonchev–Trinajstić information content (AvgIpc) is 2.61. The quantitative estimate of drug-likeness (QED) is 0.634. The summed E-state index contributed by atoms with van der Waals surface area (Å²) in [6.45, 7) is 0.659. The number of allylic oxidation sites excluding steroid dienone is 2. The van der Waals surface area contributed by atoms with Gasteiger partial charge in [0.1, 0.15) is 5.84 Å². The summed E-state index contributed by atoms with van der Waals surface area (Å²) < 4.78 is 0. The van der Waals surface area contributed by atoms with Crippen molar-refractivity contribution in [3.8, 4) is 0 Å². The first-order chi connectivity index (χ1) is 6.75. The standard InChI is InChI=1S/C10H12N4/c1-14(2)7-12-10-4-3-8-9(13-10)5-6-11-8/h3-6H,7H2,1-2H3. The van der Waals surface area contributed by atoms with E-state index in [-0.39, 0.29) is 0 Å². The first-order valence-electron chi connectivity index (χ1n) is 4.46.